The third-order valence-electron chi connectivity index (χ3n) is 4.75. The second-order valence-corrected chi connectivity index (χ2v) is 6.70. The van der Waals surface area contributed by atoms with Crippen LogP contribution >= 0.6 is 0 Å². The number of ether oxygens (including phenoxy) is 3. The second kappa shape index (κ2) is 8.65. The number of nitrogens with zero attached hydrogens (tertiary/aromatic N) is 1. The maximum absolute atomic E-state index is 12.7. The predicted molar refractivity (Wildman–Crippen MR) is 95.1 cm³/mol. The molecule has 0 unspecified atom stereocenters. The van der Waals surface area contributed by atoms with Crippen LogP contribution in [0.1, 0.15) is 30.6 Å². The molecule has 1 aromatic carbocycles. The molecule has 2 saturated heterocycles. The monoisotopic (exact) mass is 348 g/mol. The van der Waals surface area contributed by atoms with Crippen LogP contribution in [0.3, 0.4) is 0 Å². The molecule has 6 heteroatoms. The van der Waals surface area contributed by atoms with Crippen molar-refractivity contribution in [3.05, 3.63) is 29.8 Å². The van der Waals surface area contributed by atoms with E-state index in [1.165, 1.54) is 0 Å². The van der Waals surface area contributed by atoms with Gasteiger partial charge >= 0.3 is 0 Å². The first kappa shape index (κ1) is 18.2. The van der Waals surface area contributed by atoms with Crippen molar-refractivity contribution in [2.45, 2.75) is 38.5 Å². The van der Waals surface area contributed by atoms with Gasteiger partial charge in [0.25, 0.3) is 5.91 Å². The summed E-state index contributed by atoms with van der Waals surface area (Å²) in [5.41, 5.74) is 0.577. The lowest BCUT2D eigenvalue weighted by molar-refractivity contribution is -0.0390. The highest BCUT2D eigenvalue weighted by atomic mass is 16.5. The van der Waals surface area contributed by atoms with Crippen LogP contribution in [0.25, 0.3) is 0 Å². The SMILES string of the molecule is CCOCCOc1ccccc1C(=O)N[C@@H]1C[C@H]2CO[C@@H](C)CN2C1. The van der Waals surface area contributed by atoms with E-state index in [-0.39, 0.29) is 18.1 Å². The highest BCUT2D eigenvalue weighted by Gasteiger charge is 2.37. The Kier molecular flexibility index (Phi) is 6.29. The number of hydrogen-bond acceptors (Lipinski definition) is 5. The van der Waals surface area contributed by atoms with Crippen LogP contribution in [0.15, 0.2) is 24.3 Å². The number of fused-ring (bicyclic) bond motifs is 1. The molecule has 0 aliphatic carbocycles. The molecule has 3 atom stereocenters. The topological polar surface area (TPSA) is 60.0 Å². The van der Waals surface area contributed by atoms with Gasteiger partial charge in [-0.25, -0.2) is 0 Å². The lowest BCUT2D eigenvalue weighted by Gasteiger charge is -2.33. The van der Waals surface area contributed by atoms with Gasteiger partial charge < -0.3 is 19.5 Å². The third-order valence-corrected chi connectivity index (χ3v) is 4.75. The summed E-state index contributed by atoms with van der Waals surface area (Å²) < 4.78 is 16.7. The fourth-order valence-electron chi connectivity index (χ4n) is 3.54. The minimum Gasteiger partial charge on any atom is -0.490 e. The van der Waals surface area contributed by atoms with Crippen LogP contribution in [0, 0.1) is 0 Å². The van der Waals surface area contributed by atoms with E-state index in [1.54, 1.807) is 6.07 Å². The van der Waals surface area contributed by atoms with Crippen LogP contribution in [-0.4, -0.2) is 68.5 Å². The van der Waals surface area contributed by atoms with Gasteiger partial charge in [-0.15, -0.1) is 0 Å². The van der Waals surface area contributed by atoms with E-state index >= 15 is 0 Å². The van der Waals surface area contributed by atoms with Crippen molar-refractivity contribution in [2.75, 3.05) is 39.5 Å². The highest BCUT2D eigenvalue weighted by molar-refractivity contribution is 5.97. The maximum atomic E-state index is 12.7. The number of amides is 1. The van der Waals surface area contributed by atoms with Crippen molar-refractivity contribution in [1.82, 2.24) is 10.2 Å². The Morgan fingerprint density at radius 2 is 2.16 bits per heavy atom. The zero-order chi connectivity index (χ0) is 17.6. The minimum absolute atomic E-state index is 0.0779. The Morgan fingerprint density at radius 3 is 3.00 bits per heavy atom. The van der Waals surface area contributed by atoms with Gasteiger partial charge in [-0.1, -0.05) is 12.1 Å². The number of morpholine rings is 1. The number of rotatable bonds is 7. The number of nitrogens with one attached hydrogen (secondary N) is 1. The summed E-state index contributed by atoms with van der Waals surface area (Å²) in [6.07, 6.45) is 1.21. The first-order chi connectivity index (χ1) is 12.2. The smallest absolute Gasteiger partial charge is 0.255 e. The lowest BCUT2D eigenvalue weighted by Crippen LogP contribution is -2.45. The highest BCUT2D eigenvalue weighted by Crippen LogP contribution is 2.24. The van der Waals surface area contributed by atoms with E-state index in [9.17, 15) is 4.79 Å². The van der Waals surface area contributed by atoms with Gasteiger partial charge in [0.2, 0.25) is 0 Å². The Hall–Kier alpha value is -1.63. The molecule has 1 aromatic rings. The van der Waals surface area contributed by atoms with E-state index in [2.05, 4.69) is 17.1 Å². The summed E-state index contributed by atoms with van der Waals surface area (Å²) in [6.45, 7) is 8.24. The van der Waals surface area contributed by atoms with Crippen molar-refractivity contribution in [2.24, 2.45) is 0 Å². The van der Waals surface area contributed by atoms with Gasteiger partial charge in [-0.3, -0.25) is 9.69 Å². The molecule has 0 spiro atoms. The number of para-hydroxylation sites is 1. The van der Waals surface area contributed by atoms with E-state index in [4.69, 9.17) is 14.2 Å². The Labute approximate surface area is 149 Å². The van der Waals surface area contributed by atoms with Crippen molar-refractivity contribution in [3.8, 4) is 5.75 Å². The quantitative estimate of drug-likeness (QED) is 0.760. The third kappa shape index (κ3) is 4.71. The van der Waals surface area contributed by atoms with Gasteiger partial charge in [0.05, 0.1) is 24.9 Å². The van der Waals surface area contributed by atoms with Crippen LogP contribution in [-0.2, 0) is 9.47 Å². The predicted octanol–water partition coefficient (Wildman–Crippen LogP) is 1.69. The van der Waals surface area contributed by atoms with E-state index in [0.717, 1.165) is 26.1 Å². The van der Waals surface area contributed by atoms with Crippen molar-refractivity contribution in [1.29, 1.82) is 0 Å². The number of carbonyl (C=O) groups is 1. The molecule has 25 heavy (non-hydrogen) atoms. The number of benzene rings is 1. The van der Waals surface area contributed by atoms with Gasteiger partial charge in [0.1, 0.15) is 12.4 Å². The Bertz CT molecular complexity index is 580. The minimum atomic E-state index is -0.0779. The van der Waals surface area contributed by atoms with Crippen molar-refractivity contribution >= 4 is 5.91 Å². The fraction of sp³-hybridized carbons (Fsp3) is 0.632. The van der Waals surface area contributed by atoms with Crippen LogP contribution in [0.5, 0.6) is 5.75 Å². The molecule has 2 fully saturated rings. The fourth-order valence-corrected chi connectivity index (χ4v) is 3.54. The average Bonchev–Trinajstić information content (AvgIpc) is 3.00. The van der Waals surface area contributed by atoms with Crippen LogP contribution in [0.2, 0.25) is 0 Å². The second-order valence-electron chi connectivity index (χ2n) is 6.70. The van der Waals surface area contributed by atoms with E-state index in [1.807, 2.05) is 25.1 Å². The molecular weight excluding hydrogens is 320 g/mol. The number of hydrogen-bond donors (Lipinski definition) is 1. The summed E-state index contributed by atoms with van der Waals surface area (Å²) in [4.78, 5) is 15.1. The Balaban J connectivity index is 1.56. The maximum Gasteiger partial charge on any atom is 0.255 e. The Morgan fingerprint density at radius 1 is 1.32 bits per heavy atom. The standard InChI is InChI=1S/C19H28N2O4/c1-3-23-8-9-24-18-7-5-4-6-17(18)19(22)20-15-10-16-13-25-14(2)11-21(16)12-15/h4-7,14-16H,3,8-13H2,1-2H3,(H,20,22)/t14-,15+,16-/m0/s1. The molecule has 1 N–H and O–H groups in total. The zero-order valence-electron chi connectivity index (χ0n) is 15.1. The molecule has 0 saturated carbocycles. The number of carbonyl (C=O) groups excluding carboxylic acids is 1. The molecule has 2 heterocycles. The largest absolute Gasteiger partial charge is 0.490 e. The first-order valence-electron chi connectivity index (χ1n) is 9.13. The molecule has 0 bridgehead atoms. The molecule has 1 amide bonds. The molecular formula is C19H28N2O4. The van der Waals surface area contributed by atoms with Crippen molar-refractivity contribution < 1.29 is 19.0 Å². The molecule has 2 aliphatic heterocycles. The van der Waals surface area contributed by atoms with Gasteiger partial charge in [0.15, 0.2) is 0 Å². The molecule has 2 aliphatic rings. The summed E-state index contributed by atoms with van der Waals surface area (Å²) in [5.74, 6) is 0.526. The van der Waals surface area contributed by atoms with Crippen LogP contribution < -0.4 is 10.1 Å². The summed E-state index contributed by atoms with van der Waals surface area (Å²) in [5, 5.41) is 3.16. The summed E-state index contributed by atoms with van der Waals surface area (Å²) in [7, 11) is 0. The van der Waals surface area contributed by atoms with Gasteiger partial charge in [0, 0.05) is 31.8 Å². The van der Waals surface area contributed by atoms with E-state index in [0.29, 0.717) is 37.2 Å². The lowest BCUT2D eigenvalue weighted by atomic mass is 10.1. The summed E-state index contributed by atoms with van der Waals surface area (Å²) in [6, 6.07) is 7.94. The normalized spacial score (nSPS) is 26.2. The van der Waals surface area contributed by atoms with E-state index < -0.39 is 0 Å². The molecule has 6 nitrogen and oxygen atoms in total. The van der Waals surface area contributed by atoms with Gasteiger partial charge in [-0.2, -0.15) is 0 Å². The molecule has 0 radical (unpaired) electrons. The van der Waals surface area contributed by atoms with Crippen LogP contribution in [0.4, 0.5) is 0 Å². The average molecular weight is 348 g/mol. The first-order valence-corrected chi connectivity index (χ1v) is 9.13. The molecule has 0 aromatic heterocycles. The molecule has 3 rings (SSSR count). The summed E-state index contributed by atoms with van der Waals surface area (Å²) >= 11 is 0. The van der Waals surface area contributed by atoms with Crippen molar-refractivity contribution in [3.63, 3.8) is 0 Å². The molecule has 138 valence electrons. The zero-order valence-corrected chi connectivity index (χ0v) is 15.1. The van der Waals surface area contributed by atoms with Gasteiger partial charge in [-0.05, 0) is 32.4 Å².